The van der Waals surface area contributed by atoms with Crippen LogP contribution in [0.3, 0.4) is 0 Å². The van der Waals surface area contributed by atoms with Crippen LogP contribution < -0.4 is 10.1 Å². The topological polar surface area (TPSA) is 38.3 Å². The molecule has 3 nitrogen and oxygen atoms in total. The molecule has 4 heteroatoms. The highest BCUT2D eigenvalue weighted by Crippen LogP contribution is 2.25. The van der Waals surface area contributed by atoms with Gasteiger partial charge in [-0.2, -0.15) is 0 Å². The van der Waals surface area contributed by atoms with Gasteiger partial charge in [-0.3, -0.25) is 4.79 Å². The first-order valence-electron chi connectivity index (χ1n) is 6.38. The van der Waals surface area contributed by atoms with Crippen LogP contribution in [0, 0.1) is 0 Å². The summed E-state index contributed by atoms with van der Waals surface area (Å²) in [5, 5.41) is 2.87. The quantitative estimate of drug-likeness (QED) is 0.907. The molecule has 0 saturated heterocycles. The number of amides is 1. The van der Waals surface area contributed by atoms with E-state index in [1.807, 2.05) is 24.3 Å². The van der Waals surface area contributed by atoms with Gasteiger partial charge < -0.3 is 10.1 Å². The summed E-state index contributed by atoms with van der Waals surface area (Å²) in [7, 11) is 1.59. The van der Waals surface area contributed by atoms with E-state index in [1.165, 1.54) is 5.56 Å². The summed E-state index contributed by atoms with van der Waals surface area (Å²) in [4.78, 5) is 12.1. The van der Waals surface area contributed by atoms with Crippen LogP contribution in [0.15, 0.2) is 46.9 Å². The molecule has 0 fully saturated rings. The number of hydrogen-bond acceptors (Lipinski definition) is 2. The normalized spacial score (nSPS) is 10.2. The van der Waals surface area contributed by atoms with E-state index in [2.05, 4.69) is 28.2 Å². The molecule has 0 bridgehead atoms. The van der Waals surface area contributed by atoms with Crippen molar-refractivity contribution in [2.24, 2.45) is 0 Å². The number of anilines is 1. The monoisotopic (exact) mass is 333 g/mol. The van der Waals surface area contributed by atoms with Gasteiger partial charge in [0.15, 0.2) is 0 Å². The maximum absolute atomic E-state index is 12.1. The number of aryl methyl sites for hydroxylation is 1. The molecule has 20 heavy (non-hydrogen) atoms. The Labute approximate surface area is 127 Å². The SMILES string of the molecule is CCc1ccc(NC(=O)c2ccc(OC)c(Br)c2)cc1. The van der Waals surface area contributed by atoms with Gasteiger partial charge in [0, 0.05) is 11.3 Å². The van der Waals surface area contributed by atoms with Crippen LogP contribution in [0.4, 0.5) is 5.69 Å². The second-order valence-corrected chi connectivity index (χ2v) is 5.21. The molecule has 2 aromatic rings. The number of hydrogen-bond donors (Lipinski definition) is 1. The molecule has 2 rings (SSSR count). The fraction of sp³-hybridized carbons (Fsp3) is 0.188. The van der Waals surface area contributed by atoms with Crippen molar-refractivity contribution in [2.75, 3.05) is 12.4 Å². The highest BCUT2D eigenvalue weighted by molar-refractivity contribution is 9.10. The third-order valence-electron chi connectivity index (χ3n) is 3.03. The van der Waals surface area contributed by atoms with Gasteiger partial charge >= 0.3 is 0 Å². The molecule has 0 heterocycles. The molecule has 104 valence electrons. The fourth-order valence-corrected chi connectivity index (χ4v) is 2.38. The minimum atomic E-state index is -0.141. The van der Waals surface area contributed by atoms with Gasteiger partial charge in [0.1, 0.15) is 5.75 Å². The number of halogens is 1. The Morgan fingerprint density at radius 1 is 1.20 bits per heavy atom. The van der Waals surface area contributed by atoms with E-state index in [9.17, 15) is 4.79 Å². The molecule has 0 atom stereocenters. The molecule has 0 unspecified atom stereocenters. The molecular weight excluding hydrogens is 318 g/mol. The van der Waals surface area contributed by atoms with Crippen molar-refractivity contribution in [1.29, 1.82) is 0 Å². The third-order valence-corrected chi connectivity index (χ3v) is 3.65. The number of rotatable bonds is 4. The van der Waals surface area contributed by atoms with Crippen LogP contribution in [0.5, 0.6) is 5.75 Å². The van der Waals surface area contributed by atoms with E-state index in [4.69, 9.17) is 4.74 Å². The molecular formula is C16H16BrNO2. The Kier molecular flexibility index (Phi) is 4.79. The predicted octanol–water partition coefficient (Wildman–Crippen LogP) is 4.27. The zero-order valence-corrected chi connectivity index (χ0v) is 13.0. The van der Waals surface area contributed by atoms with Gasteiger partial charge in [-0.25, -0.2) is 0 Å². The predicted molar refractivity (Wildman–Crippen MR) is 84.5 cm³/mol. The highest BCUT2D eigenvalue weighted by atomic mass is 79.9. The molecule has 0 aliphatic rings. The van der Waals surface area contributed by atoms with Gasteiger partial charge in [0.2, 0.25) is 0 Å². The van der Waals surface area contributed by atoms with E-state index >= 15 is 0 Å². The Bertz CT molecular complexity index is 608. The number of methoxy groups -OCH3 is 1. The van der Waals surface area contributed by atoms with Crippen molar-refractivity contribution >= 4 is 27.5 Å². The summed E-state index contributed by atoms with van der Waals surface area (Å²) < 4.78 is 5.90. The van der Waals surface area contributed by atoms with Crippen LogP contribution in [0.2, 0.25) is 0 Å². The zero-order valence-electron chi connectivity index (χ0n) is 11.4. The fourth-order valence-electron chi connectivity index (χ4n) is 1.83. The van der Waals surface area contributed by atoms with Gasteiger partial charge in [-0.05, 0) is 58.2 Å². The van der Waals surface area contributed by atoms with Crippen molar-refractivity contribution in [3.8, 4) is 5.75 Å². The average molecular weight is 334 g/mol. The smallest absolute Gasteiger partial charge is 0.255 e. The minimum absolute atomic E-state index is 0.141. The summed E-state index contributed by atoms with van der Waals surface area (Å²) in [6.07, 6.45) is 0.986. The largest absolute Gasteiger partial charge is 0.496 e. The molecule has 2 aromatic carbocycles. The first-order chi connectivity index (χ1) is 9.63. The molecule has 0 aliphatic heterocycles. The van der Waals surface area contributed by atoms with Crippen LogP contribution >= 0.6 is 15.9 Å². The number of carbonyl (C=O) groups is 1. The summed E-state index contributed by atoms with van der Waals surface area (Å²) in [6, 6.07) is 13.1. The van der Waals surface area contributed by atoms with Gasteiger partial charge in [-0.1, -0.05) is 19.1 Å². The molecule has 1 amide bonds. The average Bonchev–Trinajstić information content (AvgIpc) is 2.48. The number of carbonyl (C=O) groups excluding carboxylic acids is 1. The lowest BCUT2D eigenvalue weighted by Gasteiger charge is -2.08. The number of ether oxygens (including phenoxy) is 1. The third kappa shape index (κ3) is 3.39. The lowest BCUT2D eigenvalue weighted by atomic mass is 10.1. The van der Waals surface area contributed by atoms with Gasteiger partial charge in [-0.15, -0.1) is 0 Å². The van der Waals surface area contributed by atoms with E-state index in [0.29, 0.717) is 11.3 Å². The first kappa shape index (κ1) is 14.6. The Morgan fingerprint density at radius 3 is 2.45 bits per heavy atom. The second kappa shape index (κ2) is 6.57. The van der Waals surface area contributed by atoms with Crippen LogP contribution in [0.25, 0.3) is 0 Å². The van der Waals surface area contributed by atoms with Crippen LogP contribution in [0.1, 0.15) is 22.8 Å². The molecule has 0 aromatic heterocycles. The van der Waals surface area contributed by atoms with E-state index in [-0.39, 0.29) is 5.91 Å². The van der Waals surface area contributed by atoms with E-state index in [1.54, 1.807) is 25.3 Å². The van der Waals surface area contributed by atoms with Crippen molar-refractivity contribution in [3.63, 3.8) is 0 Å². The summed E-state index contributed by atoms with van der Waals surface area (Å²) in [5.74, 6) is 0.562. The van der Waals surface area contributed by atoms with Crippen molar-refractivity contribution < 1.29 is 9.53 Å². The summed E-state index contributed by atoms with van der Waals surface area (Å²) in [6.45, 7) is 2.10. The van der Waals surface area contributed by atoms with E-state index < -0.39 is 0 Å². The molecule has 0 radical (unpaired) electrons. The maximum atomic E-state index is 12.1. The van der Waals surface area contributed by atoms with Gasteiger partial charge in [0.05, 0.1) is 11.6 Å². The number of nitrogens with one attached hydrogen (secondary N) is 1. The number of benzene rings is 2. The zero-order chi connectivity index (χ0) is 14.5. The van der Waals surface area contributed by atoms with Crippen molar-refractivity contribution in [1.82, 2.24) is 0 Å². The lowest BCUT2D eigenvalue weighted by Crippen LogP contribution is -2.11. The lowest BCUT2D eigenvalue weighted by molar-refractivity contribution is 0.102. The maximum Gasteiger partial charge on any atom is 0.255 e. The Balaban J connectivity index is 2.12. The molecule has 0 spiro atoms. The molecule has 1 N–H and O–H groups in total. The first-order valence-corrected chi connectivity index (χ1v) is 7.17. The standard InChI is InChI=1S/C16H16BrNO2/c1-3-11-4-7-13(8-5-11)18-16(19)12-6-9-15(20-2)14(17)10-12/h4-10H,3H2,1-2H3,(H,18,19). The van der Waals surface area contributed by atoms with Crippen molar-refractivity contribution in [3.05, 3.63) is 58.1 Å². The summed E-state index contributed by atoms with van der Waals surface area (Å²) in [5.41, 5.74) is 2.62. The Morgan fingerprint density at radius 2 is 1.90 bits per heavy atom. The summed E-state index contributed by atoms with van der Waals surface area (Å²) >= 11 is 3.37. The Hall–Kier alpha value is -1.81. The second-order valence-electron chi connectivity index (χ2n) is 4.35. The van der Waals surface area contributed by atoms with Crippen molar-refractivity contribution in [2.45, 2.75) is 13.3 Å². The molecule has 0 aliphatic carbocycles. The molecule has 0 saturated carbocycles. The minimum Gasteiger partial charge on any atom is -0.496 e. The highest BCUT2D eigenvalue weighted by Gasteiger charge is 2.09. The van der Waals surface area contributed by atoms with Crippen LogP contribution in [-0.4, -0.2) is 13.0 Å². The van der Waals surface area contributed by atoms with E-state index in [0.717, 1.165) is 16.6 Å². The van der Waals surface area contributed by atoms with Gasteiger partial charge in [0.25, 0.3) is 5.91 Å². The van der Waals surface area contributed by atoms with Crippen LogP contribution in [-0.2, 0) is 6.42 Å².